The van der Waals surface area contributed by atoms with Crippen LogP contribution in [0.5, 0.6) is 0 Å². The van der Waals surface area contributed by atoms with E-state index in [2.05, 4.69) is 129 Å². The van der Waals surface area contributed by atoms with Crippen molar-refractivity contribution in [3.63, 3.8) is 0 Å². The van der Waals surface area contributed by atoms with Crippen molar-refractivity contribution in [1.29, 1.82) is 0 Å². The third-order valence-electron chi connectivity index (χ3n) is 6.91. The summed E-state index contributed by atoms with van der Waals surface area (Å²) >= 11 is 0. The summed E-state index contributed by atoms with van der Waals surface area (Å²) in [7, 11) is 0. The molecule has 3 nitrogen and oxygen atoms in total. The second kappa shape index (κ2) is 9.18. The normalized spacial score (nSPS) is 11.6. The summed E-state index contributed by atoms with van der Waals surface area (Å²) in [4.78, 5) is 12.0. The maximum absolute atomic E-state index is 5.01. The Morgan fingerprint density at radius 1 is 0.568 bits per heavy atom. The van der Waals surface area contributed by atoms with Gasteiger partial charge in [-0.25, -0.2) is 4.98 Å². The first-order chi connectivity index (χ1) is 18.0. The molecule has 0 aliphatic rings. The molecule has 0 bridgehead atoms. The lowest BCUT2D eigenvalue weighted by molar-refractivity contribution is 0.587. The Bertz CT molecular complexity index is 1630. The minimum Gasteiger partial charge on any atom is -0.294 e. The fourth-order valence-electron chi connectivity index (χ4n) is 5.05. The average Bonchev–Trinajstić information content (AvgIpc) is 2.94. The van der Waals surface area contributed by atoms with Crippen molar-refractivity contribution in [3.05, 3.63) is 127 Å². The van der Waals surface area contributed by atoms with E-state index in [1.54, 1.807) is 0 Å². The van der Waals surface area contributed by atoms with Crippen molar-refractivity contribution in [2.45, 2.75) is 26.2 Å². The Balaban J connectivity index is 1.71. The molecule has 0 aliphatic heterocycles. The van der Waals surface area contributed by atoms with Gasteiger partial charge in [0, 0.05) is 34.4 Å². The summed E-state index contributed by atoms with van der Waals surface area (Å²) in [6.07, 6.45) is 3.88. The van der Waals surface area contributed by atoms with E-state index in [0.717, 1.165) is 39.2 Å². The molecular weight excluding hydrogens is 450 g/mol. The van der Waals surface area contributed by atoms with Gasteiger partial charge in [0.05, 0.1) is 11.4 Å². The molecule has 0 fully saturated rings. The third kappa shape index (κ3) is 4.13. The van der Waals surface area contributed by atoms with E-state index >= 15 is 0 Å². The van der Waals surface area contributed by atoms with Crippen LogP contribution in [0.4, 0.5) is 17.2 Å². The predicted molar refractivity (Wildman–Crippen MR) is 156 cm³/mol. The molecule has 37 heavy (non-hydrogen) atoms. The minimum atomic E-state index is 0.0346. The number of nitrogens with zero attached hydrogens (tertiary/aromatic N) is 3. The fourth-order valence-corrected chi connectivity index (χ4v) is 5.05. The SMILES string of the molecule is CC(C)(C)c1ccc(N(c2ccccc2)c2c3ccccc3c(-c3ccccn3)c3ccccc23)nc1. The van der Waals surface area contributed by atoms with Crippen LogP contribution >= 0.6 is 0 Å². The van der Waals surface area contributed by atoms with Crippen LogP contribution in [0.1, 0.15) is 26.3 Å². The molecule has 0 saturated heterocycles. The highest BCUT2D eigenvalue weighted by Crippen LogP contribution is 2.47. The van der Waals surface area contributed by atoms with Crippen molar-refractivity contribution in [2.24, 2.45) is 0 Å². The van der Waals surface area contributed by atoms with E-state index in [0.29, 0.717) is 0 Å². The number of hydrogen-bond donors (Lipinski definition) is 0. The first kappa shape index (κ1) is 22.9. The largest absolute Gasteiger partial charge is 0.294 e. The molecule has 6 rings (SSSR count). The molecule has 0 atom stereocenters. The molecule has 6 aromatic rings. The molecule has 0 unspecified atom stereocenters. The van der Waals surface area contributed by atoms with Gasteiger partial charge in [0.15, 0.2) is 0 Å². The molecule has 0 amide bonds. The van der Waals surface area contributed by atoms with Gasteiger partial charge in [-0.3, -0.25) is 9.88 Å². The topological polar surface area (TPSA) is 29.0 Å². The lowest BCUT2D eigenvalue weighted by atomic mass is 9.88. The third-order valence-corrected chi connectivity index (χ3v) is 6.91. The van der Waals surface area contributed by atoms with Crippen molar-refractivity contribution >= 4 is 38.7 Å². The average molecular weight is 480 g/mol. The Morgan fingerprint density at radius 3 is 1.70 bits per heavy atom. The second-order valence-electron chi connectivity index (χ2n) is 10.4. The van der Waals surface area contributed by atoms with Crippen LogP contribution in [-0.4, -0.2) is 9.97 Å². The van der Waals surface area contributed by atoms with Crippen LogP contribution in [0.2, 0.25) is 0 Å². The zero-order chi connectivity index (χ0) is 25.4. The van der Waals surface area contributed by atoms with E-state index in [1.165, 1.54) is 16.3 Å². The molecule has 180 valence electrons. The van der Waals surface area contributed by atoms with Gasteiger partial charge in [0.1, 0.15) is 5.82 Å². The van der Waals surface area contributed by atoms with Gasteiger partial charge in [-0.2, -0.15) is 0 Å². The van der Waals surface area contributed by atoms with Crippen molar-refractivity contribution in [2.75, 3.05) is 4.90 Å². The van der Waals surface area contributed by atoms with Crippen molar-refractivity contribution in [3.8, 4) is 11.3 Å². The van der Waals surface area contributed by atoms with E-state index in [9.17, 15) is 0 Å². The Labute approximate surface area is 218 Å². The Hall–Kier alpha value is -4.50. The highest BCUT2D eigenvalue weighted by atomic mass is 15.2. The molecule has 2 heterocycles. The standard InChI is InChI=1S/C34H29N3/c1-34(2,3)24-20-21-31(36-23-24)37(25-13-5-4-6-14-25)33-28-17-9-7-15-26(28)32(30-19-11-12-22-35-30)27-16-8-10-18-29(27)33/h4-23H,1-3H3. The molecule has 0 spiro atoms. The Kier molecular flexibility index (Phi) is 5.69. The van der Waals surface area contributed by atoms with Crippen LogP contribution in [-0.2, 0) is 5.41 Å². The van der Waals surface area contributed by atoms with Gasteiger partial charge in [0.25, 0.3) is 0 Å². The summed E-state index contributed by atoms with van der Waals surface area (Å²) in [5, 5.41) is 4.66. The Morgan fingerprint density at radius 2 is 1.16 bits per heavy atom. The molecule has 4 aromatic carbocycles. The van der Waals surface area contributed by atoms with Crippen molar-refractivity contribution < 1.29 is 0 Å². The van der Waals surface area contributed by atoms with Crippen LogP contribution < -0.4 is 4.90 Å². The zero-order valence-corrected chi connectivity index (χ0v) is 21.4. The van der Waals surface area contributed by atoms with Gasteiger partial charge in [-0.05, 0) is 52.1 Å². The predicted octanol–water partition coefficient (Wildman–Crippen LogP) is 9.22. The molecule has 3 heteroatoms. The summed E-state index contributed by atoms with van der Waals surface area (Å²) in [5.74, 6) is 0.889. The van der Waals surface area contributed by atoms with Gasteiger partial charge in [-0.15, -0.1) is 0 Å². The van der Waals surface area contributed by atoms with E-state index in [1.807, 2.05) is 18.5 Å². The first-order valence-electron chi connectivity index (χ1n) is 12.7. The molecule has 2 aromatic heterocycles. The number of rotatable bonds is 4. The highest BCUT2D eigenvalue weighted by Gasteiger charge is 2.23. The van der Waals surface area contributed by atoms with Gasteiger partial charge < -0.3 is 0 Å². The van der Waals surface area contributed by atoms with Crippen LogP contribution in [0.15, 0.2) is 122 Å². The maximum Gasteiger partial charge on any atom is 0.137 e. The smallest absolute Gasteiger partial charge is 0.137 e. The lowest BCUT2D eigenvalue weighted by Crippen LogP contribution is -2.15. The highest BCUT2D eigenvalue weighted by molar-refractivity contribution is 6.21. The number of hydrogen-bond acceptors (Lipinski definition) is 3. The van der Waals surface area contributed by atoms with Crippen LogP contribution in [0, 0.1) is 0 Å². The number of para-hydroxylation sites is 1. The number of benzene rings is 4. The van der Waals surface area contributed by atoms with Gasteiger partial charge >= 0.3 is 0 Å². The number of anilines is 3. The quantitative estimate of drug-likeness (QED) is 0.236. The summed E-state index contributed by atoms with van der Waals surface area (Å²) in [6, 6.07) is 38.2. The van der Waals surface area contributed by atoms with E-state index in [-0.39, 0.29) is 5.41 Å². The zero-order valence-electron chi connectivity index (χ0n) is 21.4. The molecule has 0 saturated carbocycles. The molecule has 0 aliphatic carbocycles. The van der Waals surface area contributed by atoms with Crippen LogP contribution in [0.25, 0.3) is 32.8 Å². The lowest BCUT2D eigenvalue weighted by Gasteiger charge is -2.29. The fraction of sp³-hybridized carbons (Fsp3) is 0.118. The molecular formula is C34H29N3. The van der Waals surface area contributed by atoms with E-state index in [4.69, 9.17) is 9.97 Å². The summed E-state index contributed by atoms with van der Waals surface area (Å²) < 4.78 is 0. The van der Waals surface area contributed by atoms with E-state index < -0.39 is 0 Å². The molecule has 0 N–H and O–H groups in total. The van der Waals surface area contributed by atoms with Crippen LogP contribution in [0.3, 0.4) is 0 Å². The maximum atomic E-state index is 5.01. The monoisotopic (exact) mass is 479 g/mol. The first-order valence-corrected chi connectivity index (χ1v) is 12.7. The van der Waals surface area contributed by atoms with Gasteiger partial charge in [-0.1, -0.05) is 99.6 Å². The number of aromatic nitrogens is 2. The second-order valence-corrected chi connectivity index (χ2v) is 10.4. The number of pyridine rings is 2. The van der Waals surface area contributed by atoms with Crippen molar-refractivity contribution in [1.82, 2.24) is 9.97 Å². The summed E-state index contributed by atoms with van der Waals surface area (Å²) in [6.45, 7) is 6.65. The minimum absolute atomic E-state index is 0.0346. The summed E-state index contributed by atoms with van der Waals surface area (Å²) in [5.41, 5.74) is 5.56. The molecule has 0 radical (unpaired) electrons. The number of fused-ring (bicyclic) bond motifs is 2. The van der Waals surface area contributed by atoms with Gasteiger partial charge in [0.2, 0.25) is 0 Å².